The summed E-state index contributed by atoms with van der Waals surface area (Å²) in [6.45, 7) is 9.67. The molecule has 0 radical (unpaired) electrons. The van der Waals surface area contributed by atoms with Crippen LogP contribution in [0.5, 0.6) is 0 Å². The van der Waals surface area contributed by atoms with E-state index in [1.165, 1.54) is 0 Å². The van der Waals surface area contributed by atoms with E-state index in [9.17, 15) is 8.42 Å². The summed E-state index contributed by atoms with van der Waals surface area (Å²) in [5, 5.41) is 6.61. The van der Waals surface area contributed by atoms with Crippen molar-refractivity contribution in [1.82, 2.24) is 20.4 Å². The summed E-state index contributed by atoms with van der Waals surface area (Å²) in [4.78, 5) is 4.12. The summed E-state index contributed by atoms with van der Waals surface area (Å²) in [6.07, 6.45) is 0. The van der Waals surface area contributed by atoms with E-state index in [0.717, 1.165) is 45.8 Å². The zero-order valence-electron chi connectivity index (χ0n) is 11.6. The third kappa shape index (κ3) is 8.51. The lowest BCUT2D eigenvalue weighted by atomic mass is 10.4. The zero-order valence-corrected chi connectivity index (χ0v) is 12.5. The summed E-state index contributed by atoms with van der Waals surface area (Å²) in [5.41, 5.74) is 0. The van der Waals surface area contributed by atoms with Crippen molar-refractivity contribution < 1.29 is 13.0 Å². The van der Waals surface area contributed by atoms with Gasteiger partial charge in [0.25, 0.3) is 10.1 Å². The Balaban J connectivity index is 2.41. The van der Waals surface area contributed by atoms with Gasteiger partial charge < -0.3 is 15.5 Å². The topological polar surface area (TPSA) is 84.9 Å². The minimum absolute atomic E-state index is 0.294. The third-order valence-corrected chi connectivity index (χ3v) is 3.90. The van der Waals surface area contributed by atoms with Gasteiger partial charge in [-0.2, -0.15) is 8.42 Å². The van der Waals surface area contributed by atoms with Crippen LogP contribution in [0.15, 0.2) is 0 Å². The van der Waals surface area contributed by atoms with Crippen LogP contribution in [0.1, 0.15) is 6.92 Å². The van der Waals surface area contributed by atoms with Crippen molar-refractivity contribution in [2.24, 2.45) is 0 Å². The molecule has 0 amide bonds. The van der Waals surface area contributed by atoms with Gasteiger partial charge in [-0.25, -0.2) is 0 Å². The molecular weight excluding hydrogens is 268 g/mol. The van der Waals surface area contributed by atoms with Gasteiger partial charge in [0.2, 0.25) is 0 Å². The van der Waals surface area contributed by atoms with Crippen LogP contribution in [0.2, 0.25) is 0 Å². The molecule has 8 heteroatoms. The molecule has 7 nitrogen and oxygen atoms in total. The molecule has 19 heavy (non-hydrogen) atoms. The minimum atomic E-state index is -3.94. The van der Waals surface area contributed by atoms with Crippen LogP contribution < -0.4 is 10.6 Å². The van der Waals surface area contributed by atoms with E-state index in [1.807, 2.05) is 0 Å². The largest absolute Gasteiger partial charge is 0.314 e. The van der Waals surface area contributed by atoms with Crippen molar-refractivity contribution in [3.63, 3.8) is 0 Å². The Morgan fingerprint density at radius 2 is 1.37 bits per heavy atom. The average Bonchev–Trinajstić information content (AvgIpc) is 2.31. The zero-order chi connectivity index (χ0) is 14.1. The highest BCUT2D eigenvalue weighted by Crippen LogP contribution is 1.93. The molecule has 1 aliphatic rings. The maximum Gasteiger partial charge on any atom is 0.278 e. The number of nitrogens with zero attached hydrogens (tertiary/aromatic N) is 2. The van der Waals surface area contributed by atoms with Crippen molar-refractivity contribution in [1.29, 1.82) is 0 Å². The SMILES string of the molecule is CCN1CCNCCN(CS(=O)(=O)O)CCNCC1. The van der Waals surface area contributed by atoms with E-state index in [0.29, 0.717) is 13.1 Å². The second kappa shape index (κ2) is 8.83. The van der Waals surface area contributed by atoms with Crippen LogP contribution in [0.4, 0.5) is 0 Å². The third-order valence-electron chi connectivity index (χ3n) is 3.21. The molecule has 0 aromatic carbocycles. The molecule has 0 aliphatic carbocycles. The highest BCUT2D eigenvalue weighted by molar-refractivity contribution is 7.85. The Morgan fingerprint density at radius 1 is 0.947 bits per heavy atom. The van der Waals surface area contributed by atoms with Gasteiger partial charge in [0.05, 0.1) is 0 Å². The predicted molar refractivity (Wildman–Crippen MR) is 75.8 cm³/mol. The van der Waals surface area contributed by atoms with Crippen molar-refractivity contribution in [2.75, 3.05) is 64.8 Å². The summed E-state index contributed by atoms with van der Waals surface area (Å²) >= 11 is 0. The Morgan fingerprint density at radius 3 is 1.74 bits per heavy atom. The minimum Gasteiger partial charge on any atom is -0.314 e. The maximum absolute atomic E-state index is 10.9. The lowest BCUT2D eigenvalue weighted by Crippen LogP contribution is -2.44. The average molecular weight is 294 g/mol. The molecule has 1 fully saturated rings. The van der Waals surface area contributed by atoms with Gasteiger partial charge in [0, 0.05) is 52.4 Å². The number of hydrogen-bond donors (Lipinski definition) is 3. The van der Waals surface area contributed by atoms with Gasteiger partial charge in [-0.1, -0.05) is 6.92 Å². The van der Waals surface area contributed by atoms with Crippen molar-refractivity contribution >= 4 is 10.1 Å². The van der Waals surface area contributed by atoms with Crippen molar-refractivity contribution in [3.05, 3.63) is 0 Å². The number of rotatable bonds is 3. The molecule has 0 atom stereocenters. The van der Waals surface area contributed by atoms with Crippen molar-refractivity contribution in [2.45, 2.75) is 6.92 Å². The predicted octanol–water partition coefficient (Wildman–Crippen LogP) is -1.35. The van der Waals surface area contributed by atoms with Crippen LogP contribution in [0.3, 0.4) is 0 Å². The normalized spacial score (nSPS) is 22.6. The molecule has 3 N–H and O–H groups in total. The first-order chi connectivity index (χ1) is 9.01. The number of nitrogens with one attached hydrogen (secondary N) is 2. The summed E-state index contributed by atoms with van der Waals surface area (Å²) in [5.74, 6) is -0.294. The van der Waals surface area contributed by atoms with Crippen LogP contribution in [0, 0.1) is 0 Å². The van der Waals surface area contributed by atoms with E-state index in [1.54, 1.807) is 4.90 Å². The lowest BCUT2D eigenvalue weighted by molar-refractivity contribution is 0.259. The Kier molecular flexibility index (Phi) is 7.81. The standard InChI is InChI=1S/C11H26N4O3S/c1-2-14-7-3-12-5-9-15(11-19(16,17)18)10-6-13-4-8-14/h12-13H,2-11H2,1H3,(H,16,17,18). The smallest absolute Gasteiger partial charge is 0.278 e. The fraction of sp³-hybridized carbons (Fsp3) is 1.00. The van der Waals surface area contributed by atoms with Gasteiger partial charge in [-0.05, 0) is 6.54 Å². The molecule has 0 spiro atoms. The first-order valence-electron chi connectivity index (χ1n) is 6.82. The van der Waals surface area contributed by atoms with Gasteiger partial charge in [0.1, 0.15) is 5.88 Å². The van der Waals surface area contributed by atoms with E-state index in [4.69, 9.17) is 4.55 Å². The van der Waals surface area contributed by atoms with Gasteiger partial charge in [0.15, 0.2) is 0 Å². The molecule has 0 bridgehead atoms. The Bertz CT molecular complexity index is 323. The van der Waals surface area contributed by atoms with Crippen molar-refractivity contribution in [3.8, 4) is 0 Å². The summed E-state index contributed by atoms with van der Waals surface area (Å²) in [7, 11) is -3.94. The monoisotopic (exact) mass is 294 g/mol. The van der Waals surface area contributed by atoms with Crippen LogP contribution in [0.25, 0.3) is 0 Å². The molecule has 1 heterocycles. The number of likely N-dealkylation sites (N-methyl/N-ethyl adjacent to an activating group) is 1. The van der Waals surface area contributed by atoms with Crippen LogP contribution in [-0.4, -0.2) is 87.5 Å². The molecule has 0 unspecified atom stereocenters. The summed E-state index contributed by atoms with van der Waals surface area (Å²) in [6, 6.07) is 0. The molecular formula is C11H26N4O3S. The maximum atomic E-state index is 10.9. The van der Waals surface area contributed by atoms with Gasteiger partial charge in [-0.3, -0.25) is 9.45 Å². The first kappa shape index (κ1) is 16.8. The molecule has 114 valence electrons. The number of hydrogen-bond acceptors (Lipinski definition) is 6. The quantitative estimate of drug-likeness (QED) is 0.555. The first-order valence-corrected chi connectivity index (χ1v) is 8.43. The second-order valence-electron chi connectivity index (χ2n) is 4.76. The summed E-state index contributed by atoms with van der Waals surface area (Å²) < 4.78 is 30.8. The van der Waals surface area contributed by atoms with E-state index in [-0.39, 0.29) is 5.88 Å². The fourth-order valence-corrected chi connectivity index (χ4v) is 2.82. The molecule has 0 saturated carbocycles. The molecule has 1 aliphatic heterocycles. The second-order valence-corrected chi connectivity index (χ2v) is 6.19. The Labute approximate surface area is 116 Å². The van der Waals surface area contributed by atoms with Gasteiger partial charge >= 0.3 is 0 Å². The molecule has 1 rings (SSSR count). The van der Waals surface area contributed by atoms with E-state index in [2.05, 4.69) is 22.5 Å². The Hall–Kier alpha value is -0.250. The highest BCUT2D eigenvalue weighted by atomic mass is 32.2. The van der Waals surface area contributed by atoms with Crippen LogP contribution >= 0.6 is 0 Å². The van der Waals surface area contributed by atoms with Gasteiger partial charge in [-0.15, -0.1) is 0 Å². The molecule has 1 saturated heterocycles. The molecule has 0 aromatic rings. The van der Waals surface area contributed by atoms with E-state index >= 15 is 0 Å². The fourth-order valence-electron chi connectivity index (χ4n) is 2.10. The molecule has 0 aromatic heterocycles. The highest BCUT2D eigenvalue weighted by Gasteiger charge is 2.13. The van der Waals surface area contributed by atoms with Crippen LogP contribution in [-0.2, 0) is 10.1 Å². The van der Waals surface area contributed by atoms with E-state index < -0.39 is 10.1 Å². The lowest BCUT2D eigenvalue weighted by Gasteiger charge is -2.25.